The molecule has 0 radical (unpaired) electrons. The zero-order chi connectivity index (χ0) is 34.5. The van der Waals surface area contributed by atoms with E-state index in [-0.39, 0.29) is 26.1 Å². The van der Waals surface area contributed by atoms with Gasteiger partial charge in [0.25, 0.3) is 11.8 Å². The fourth-order valence-corrected chi connectivity index (χ4v) is 4.99. The van der Waals surface area contributed by atoms with E-state index >= 15 is 0 Å². The van der Waals surface area contributed by atoms with Gasteiger partial charge in [0.2, 0.25) is 5.91 Å². The van der Waals surface area contributed by atoms with Gasteiger partial charge in [-0.2, -0.15) is 0 Å². The second kappa shape index (κ2) is 14.4. The van der Waals surface area contributed by atoms with Crippen LogP contribution in [0.1, 0.15) is 50.0 Å². The predicted molar refractivity (Wildman–Crippen MR) is 174 cm³/mol. The van der Waals surface area contributed by atoms with Gasteiger partial charge in [0.05, 0.1) is 25.8 Å². The average molecular weight is 649 g/mol. The molecule has 0 saturated carbocycles. The normalized spacial score (nSPS) is 15.1. The molecule has 13 nitrogen and oxygen atoms in total. The minimum Gasteiger partial charge on any atom is -0.496 e. The van der Waals surface area contributed by atoms with Crippen molar-refractivity contribution in [2.24, 2.45) is 0 Å². The lowest BCUT2D eigenvalue weighted by molar-refractivity contribution is -0.136. The third-order valence-corrected chi connectivity index (χ3v) is 7.60. The van der Waals surface area contributed by atoms with E-state index < -0.39 is 47.5 Å². The molecule has 1 aliphatic heterocycles. The van der Waals surface area contributed by atoms with Crippen molar-refractivity contribution in [3.05, 3.63) is 65.7 Å². The Morgan fingerprint density at radius 2 is 1.83 bits per heavy atom. The van der Waals surface area contributed by atoms with Gasteiger partial charge in [0.15, 0.2) is 0 Å². The van der Waals surface area contributed by atoms with Gasteiger partial charge in [-0.05, 0) is 68.8 Å². The predicted octanol–water partition coefficient (Wildman–Crippen LogP) is 3.72. The van der Waals surface area contributed by atoms with Crippen LogP contribution in [0.3, 0.4) is 0 Å². The number of hydrogen-bond donors (Lipinski definition) is 3. The summed E-state index contributed by atoms with van der Waals surface area (Å²) in [6.45, 7) is 6.59. The molecule has 13 heteroatoms. The minimum atomic E-state index is -1.09. The van der Waals surface area contributed by atoms with Crippen LogP contribution in [0.2, 0.25) is 0 Å². The number of amides is 4. The summed E-state index contributed by atoms with van der Waals surface area (Å²) in [6, 6.07) is 13.6. The molecule has 1 aliphatic rings. The van der Waals surface area contributed by atoms with Crippen LogP contribution in [0.15, 0.2) is 54.6 Å². The molecule has 2 atom stereocenters. The molecule has 0 spiro atoms. The molecule has 250 valence electrons. The van der Waals surface area contributed by atoms with Gasteiger partial charge >= 0.3 is 12.1 Å². The smallest absolute Gasteiger partial charge is 0.410 e. The number of ether oxygens (including phenoxy) is 3. The maximum atomic E-state index is 14.2. The first-order valence-electron chi connectivity index (χ1n) is 15.1. The number of nitrogens with zero attached hydrogens (tertiary/aromatic N) is 2. The van der Waals surface area contributed by atoms with Gasteiger partial charge in [-0.15, -0.1) is 0 Å². The van der Waals surface area contributed by atoms with Crippen molar-refractivity contribution < 1.29 is 43.3 Å². The van der Waals surface area contributed by atoms with E-state index in [1.54, 1.807) is 75.4 Å². The number of aliphatic carboxylic acids is 1. The highest BCUT2D eigenvalue weighted by Crippen LogP contribution is 2.36. The molecule has 0 aliphatic carbocycles. The van der Waals surface area contributed by atoms with E-state index in [9.17, 15) is 24.0 Å². The fraction of sp³-hybridized carbons (Fsp3) is 0.382. The SMILES string of the molecule is COc1ccc2cc(C(=O)NCCC(=O)O)ccc2c1CN1C(=O)[C@@H](NC(=O)[C@H](C)N(C)C(=O)OC(C)(C)C)COc2ccccc21. The van der Waals surface area contributed by atoms with E-state index in [2.05, 4.69) is 10.6 Å². The van der Waals surface area contributed by atoms with E-state index in [0.717, 1.165) is 10.3 Å². The Balaban J connectivity index is 1.63. The van der Waals surface area contributed by atoms with E-state index in [1.165, 1.54) is 26.0 Å². The highest BCUT2D eigenvalue weighted by molar-refractivity contribution is 6.03. The number of benzene rings is 3. The number of rotatable bonds is 10. The first-order valence-corrected chi connectivity index (χ1v) is 15.1. The van der Waals surface area contributed by atoms with Crippen molar-refractivity contribution >= 4 is 46.2 Å². The summed E-state index contributed by atoms with van der Waals surface area (Å²) >= 11 is 0. The standard InChI is InChI=1S/C34H40N4O9/c1-20(37(5)33(44)47-34(2,3)4)30(41)36-25-19-46-28-10-8-7-9-26(28)38(32(25)43)18-24-23-13-11-22(31(42)35-16-15-29(39)40)17-21(23)12-14-27(24)45-6/h7-14,17,20,25H,15-16,18-19H2,1-6H3,(H,35,42)(H,36,41)(H,39,40)/t20-,25-/m0/s1. The van der Waals surface area contributed by atoms with Crippen LogP contribution in [-0.4, -0.2) is 84.8 Å². The van der Waals surface area contributed by atoms with Gasteiger partial charge in [-0.3, -0.25) is 24.1 Å². The number of likely N-dealkylation sites (N-methyl/N-ethyl adjacent to an activating group) is 1. The molecule has 3 N–H and O–H groups in total. The van der Waals surface area contributed by atoms with Crippen molar-refractivity contribution in [1.29, 1.82) is 0 Å². The summed E-state index contributed by atoms with van der Waals surface area (Å²) < 4.78 is 17.1. The molecule has 47 heavy (non-hydrogen) atoms. The zero-order valence-electron chi connectivity index (χ0n) is 27.3. The molecule has 0 unspecified atom stereocenters. The van der Waals surface area contributed by atoms with Crippen LogP contribution in [-0.2, 0) is 25.7 Å². The topological polar surface area (TPSA) is 164 Å². The van der Waals surface area contributed by atoms with Crippen LogP contribution in [0.4, 0.5) is 10.5 Å². The molecule has 4 rings (SSSR count). The maximum absolute atomic E-state index is 14.2. The third-order valence-electron chi connectivity index (χ3n) is 7.60. The number of methoxy groups -OCH3 is 1. The lowest BCUT2D eigenvalue weighted by Crippen LogP contribution is -2.55. The molecule has 0 bridgehead atoms. The van der Waals surface area contributed by atoms with Crippen molar-refractivity contribution in [3.8, 4) is 11.5 Å². The van der Waals surface area contributed by atoms with Crippen LogP contribution in [0, 0.1) is 0 Å². The lowest BCUT2D eigenvalue weighted by Gasteiger charge is -2.30. The Hall–Kier alpha value is -5.33. The summed E-state index contributed by atoms with van der Waals surface area (Å²) in [5, 5.41) is 15.6. The van der Waals surface area contributed by atoms with E-state index in [4.69, 9.17) is 19.3 Å². The molecule has 1 heterocycles. The van der Waals surface area contributed by atoms with E-state index in [1.807, 2.05) is 0 Å². The first-order chi connectivity index (χ1) is 22.2. The monoisotopic (exact) mass is 648 g/mol. The Morgan fingerprint density at radius 1 is 1.11 bits per heavy atom. The number of hydrogen-bond acceptors (Lipinski definition) is 8. The first kappa shape index (κ1) is 34.5. The van der Waals surface area contributed by atoms with Crippen molar-refractivity contribution in [3.63, 3.8) is 0 Å². The Bertz CT molecular complexity index is 1680. The molecular weight excluding hydrogens is 608 g/mol. The number of nitrogens with one attached hydrogen (secondary N) is 2. The number of carboxylic acids is 1. The van der Waals surface area contributed by atoms with Crippen LogP contribution < -0.4 is 25.0 Å². The molecule has 3 aromatic carbocycles. The minimum absolute atomic E-state index is 0.00755. The quantitative estimate of drug-likeness (QED) is 0.297. The summed E-state index contributed by atoms with van der Waals surface area (Å²) in [7, 11) is 2.96. The molecule has 0 saturated heterocycles. The summed E-state index contributed by atoms with van der Waals surface area (Å²) in [6.07, 6.45) is -0.877. The van der Waals surface area contributed by atoms with Crippen molar-refractivity contribution in [2.45, 2.75) is 58.3 Å². The van der Waals surface area contributed by atoms with Gasteiger partial charge < -0.3 is 34.9 Å². The van der Waals surface area contributed by atoms with Crippen LogP contribution in [0.5, 0.6) is 11.5 Å². The Morgan fingerprint density at radius 3 is 2.51 bits per heavy atom. The summed E-state index contributed by atoms with van der Waals surface area (Å²) in [5.74, 6) is -1.49. The number of fused-ring (bicyclic) bond motifs is 2. The fourth-order valence-electron chi connectivity index (χ4n) is 4.99. The van der Waals surface area contributed by atoms with Crippen LogP contribution in [0.25, 0.3) is 10.8 Å². The van der Waals surface area contributed by atoms with Gasteiger partial charge in [0.1, 0.15) is 35.8 Å². The largest absolute Gasteiger partial charge is 0.496 e. The van der Waals surface area contributed by atoms with E-state index in [0.29, 0.717) is 33.7 Å². The summed E-state index contributed by atoms with van der Waals surface area (Å²) in [4.78, 5) is 66.3. The summed E-state index contributed by atoms with van der Waals surface area (Å²) in [5.41, 5.74) is 0.729. The maximum Gasteiger partial charge on any atom is 0.410 e. The second-order valence-corrected chi connectivity index (χ2v) is 12.1. The molecule has 4 amide bonds. The number of carbonyl (C=O) groups is 5. The van der Waals surface area contributed by atoms with Gasteiger partial charge in [0, 0.05) is 24.7 Å². The van der Waals surface area contributed by atoms with Crippen molar-refractivity contribution in [1.82, 2.24) is 15.5 Å². The second-order valence-electron chi connectivity index (χ2n) is 12.1. The molecule has 0 aromatic heterocycles. The highest BCUT2D eigenvalue weighted by Gasteiger charge is 2.36. The lowest BCUT2D eigenvalue weighted by atomic mass is 9.99. The Kier molecular flexibility index (Phi) is 10.6. The number of anilines is 1. The zero-order valence-corrected chi connectivity index (χ0v) is 27.3. The molecule has 3 aromatic rings. The third kappa shape index (κ3) is 8.29. The average Bonchev–Trinajstić information content (AvgIpc) is 3.15. The number of para-hydroxylation sites is 2. The van der Waals surface area contributed by atoms with Gasteiger partial charge in [-0.25, -0.2) is 4.79 Å². The van der Waals surface area contributed by atoms with Crippen molar-refractivity contribution in [2.75, 3.05) is 32.2 Å². The van der Waals surface area contributed by atoms with Crippen LogP contribution >= 0.6 is 0 Å². The number of carbonyl (C=O) groups excluding carboxylic acids is 4. The molecular formula is C34H40N4O9. The molecule has 0 fully saturated rings. The Labute approximate surface area is 272 Å². The van der Waals surface area contributed by atoms with Gasteiger partial charge in [-0.1, -0.05) is 24.3 Å². The number of carboxylic acid groups (broad SMARTS) is 1. The highest BCUT2D eigenvalue weighted by atomic mass is 16.6.